The third kappa shape index (κ3) is 1.46. The lowest BCUT2D eigenvalue weighted by molar-refractivity contribution is 0.215. The maximum absolute atomic E-state index is 2.42. The van der Waals surface area contributed by atoms with Crippen LogP contribution in [-0.4, -0.2) is 0 Å². The number of fused-ring (bicyclic) bond motifs is 3. The molecule has 1 aliphatic rings. The van der Waals surface area contributed by atoms with Gasteiger partial charge in [-0.05, 0) is 34.1 Å². The van der Waals surface area contributed by atoms with Crippen LogP contribution in [0, 0.1) is 5.41 Å². The Kier molecular flexibility index (Phi) is 2.60. The lowest BCUT2D eigenvalue weighted by Crippen LogP contribution is -2.38. The molecule has 1 aliphatic carbocycles. The second-order valence-corrected chi connectivity index (χ2v) is 6.45. The molecule has 0 atom stereocenters. The minimum Gasteiger partial charge on any atom is -0.0648 e. The quantitative estimate of drug-likeness (QED) is 0.668. The average molecular weight is 250 g/mol. The first-order valence-electron chi connectivity index (χ1n) is 7.22. The Labute approximate surface area is 116 Å². The number of rotatable bonds is 2. The van der Waals surface area contributed by atoms with Crippen molar-refractivity contribution >= 4 is 0 Å². The highest BCUT2D eigenvalue weighted by molar-refractivity contribution is 5.81. The normalized spacial score (nSPS) is 16.0. The van der Waals surface area contributed by atoms with Gasteiger partial charge in [-0.25, -0.2) is 0 Å². The first kappa shape index (κ1) is 12.5. The van der Waals surface area contributed by atoms with E-state index < -0.39 is 0 Å². The molecule has 3 rings (SSSR count). The highest BCUT2D eigenvalue weighted by atomic mass is 14.5. The molecule has 2 aromatic carbocycles. The van der Waals surface area contributed by atoms with Crippen LogP contribution in [0.1, 0.15) is 45.2 Å². The summed E-state index contributed by atoms with van der Waals surface area (Å²) in [6, 6.07) is 17.8. The van der Waals surface area contributed by atoms with E-state index >= 15 is 0 Å². The second-order valence-electron chi connectivity index (χ2n) is 6.45. The third-order valence-electron chi connectivity index (χ3n) is 5.46. The lowest BCUT2D eigenvalue weighted by atomic mass is 9.60. The van der Waals surface area contributed by atoms with E-state index in [1.807, 2.05) is 0 Å². The second kappa shape index (κ2) is 3.96. The zero-order valence-electron chi connectivity index (χ0n) is 12.3. The van der Waals surface area contributed by atoms with E-state index in [4.69, 9.17) is 0 Å². The van der Waals surface area contributed by atoms with Gasteiger partial charge in [0.15, 0.2) is 0 Å². The van der Waals surface area contributed by atoms with Gasteiger partial charge in [-0.2, -0.15) is 0 Å². The molecule has 0 fully saturated rings. The van der Waals surface area contributed by atoms with Crippen LogP contribution in [-0.2, 0) is 5.41 Å². The largest absolute Gasteiger partial charge is 0.0648 e. The van der Waals surface area contributed by atoms with Gasteiger partial charge >= 0.3 is 0 Å². The first-order valence-corrected chi connectivity index (χ1v) is 7.22. The van der Waals surface area contributed by atoms with E-state index in [2.05, 4.69) is 76.2 Å². The molecule has 0 radical (unpaired) electrons. The molecule has 98 valence electrons. The van der Waals surface area contributed by atoms with Crippen molar-refractivity contribution in [3.05, 3.63) is 59.7 Å². The van der Waals surface area contributed by atoms with Crippen LogP contribution in [0.4, 0.5) is 0 Å². The summed E-state index contributed by atoms with van der Waals surface area (Å²) in [6.45, 7) is 9.51. The first-order chi connectivity index (χ1) is 9.02. The Hall–Kier alpha value is -1.56. The maximum atomic E-state index is 2.42. The predicted molar refractivity (Wildman–Crippen MR) is 82.4 cm³/mol. The van der Waals surface area contributed by atoms with Gasteiger partial charge in [0.2, 0.25) is 0 Å². The van der Waals surface area contributed by atoms with Crippen molar-refractivity contribution in [2.75, 3.05) is 0 Å². The SMILES string of the molecule is CCC(C)(C)C1(C)c2ccccc2-c2ccccc21. The summed E-state index contributed by atoms with van der Waals surface area (Å²) < 4.78 is 0. The molecule has 0 heterocycles. The van der Waals surface area contributed by atoms with Gasteiger partial charge in [0.25, 0.3) is 0 Å². The van der Waals surface area contributed by atoms with E-state index in [1.165, 1.54) is 28.7 Å². The van der Waals surface area contributed by atoms with Gasteiger partial charge in [0.05, 0.1) is 0 Å². The molecule has 2 aromatic rings. The van der Waals surface area contributed by atoms with Crippen molar-refractivity contribution in [2.45, 2.75) is 39.5 Å². The van der Waals surface area contributed by atoms with Crippen LogP contribution in [0.3, 0.4) is 0 Å². The summed E-state index contributed by atoms with van der Waals surface area (Å²) >= 11 is 0. The van der Waals surface area contributed by atoms with Crippen molar-refractivity contribution in [2.24, 2.45) is 5.41 Å². The number of hydrogen-bond donors (Lipinski definition) is 0. The zero-order chi connectivity index (χ0) is 13.7. The highest BCUT2D eigenvalue weighted by Gasteiger charge is 2.48. The molecular formula is C19H22. The minimum atomic E-state index is 0.106. The Morgan fingerprint density at radius 2 is 1.26 bits per heavy atom. The molecule has 19 heavy (non-hydrogen) atoms. The smallest absolute Gasteiger partial charge is 0.0237 e. The van der Waals surface area contributed by atoms with Gasteiger partial charge in [0.1, 0.15) is 0 Å². The van der Waals surface area contributed by atoms with Gasteiger partial charge in [-0.3, -0.25) is 0 Å². The van der Waals surface area contributed by atoms with Crippen molar-refractivity contribution in [3.8, 4) is 11.1 Å². The lowest BCUT2D eigenvalue weighted by Gasteiger charge is -2.43. The maximum Gasteiger partial charge on any atom is 0.0237 e. The molecule has 0 aliphatic heterocycles. The fourth-order valence-corrected chi connectivity index (χ4v) is 3.54. The van der Waals surface area contributed by atoms with E-state index in [1.54, 1.807) is 0 Å². The topological polar surface area (TPSA) is 0 Å². The number of benzene rings is 2. The summed E-state index contributed by atoms with van der Waals surface area (Å²) in [7, 11) is 0. The molecule has 0 saturated carbocycles. The Balaban J connectivity index is 2.38. The fraction of sp³-hybridized carbons (Fsp3) is 0.368. The molecule has 0 amide bonds. The molecule has 0 aromatic heterocycles. The molecule has 0 bridgehead atoms. The summed E-state index contributed by atoms with van der Waals surface area (Å²) in [5.74, 6) is 0. The summed E-state index contributed by atoms with van der Waals surface area (Å²) in [5.41, 5.74) is 6.17. The average Bonchev–Trinajstić information content (AvgIpc) is 2.72. The van der Waals surface area contributed by atoms with Crippen LogP contribution in [0.5, 0.6) is 0 Å². The molecule has 0 heteroatoms. The Morgan fingerprint density at radius 3 is 1.68 bits per heavy atom. The summed E-state index contributed by atoms with van der Waals surface area (Å²) in [5, 5.41) is 0. The monoisotopic (exact) mass is 250 g/mol. The minimum absolute atomic E-state index is 0.106. The van der Waals surface area contributed by atoms with Crippen molar-refractivity contribution < 1.29 is 0 Å². The van der Waals surface area contributed by atoms with Crippen LogP contribution in [0.15, 0.2) is 48.5 Å². The van der Waals surface area contributed by atoms with Gasteiger partial charge in [0, 0.05) is 5.41 Å². The van der Waals surface area contributed by atoms with Crippen LogP contribution >= 0.6 is 0 Å². The van der Waals surface area contributed by atoms with E-state index in [-0.39, 0.29) is 10.8 Å². The molecule has 0 N–H and O–H groups in total. The van der Waals surface area contributed by atoms with Crippen molar-refractivity contribution in [3.63, 3.8) is 0 Å². The van der Waals surface area contributed by atoms with E-state index in [9.17, 15) is 0 Å². The van der Waals surface area contributed by atoms with Crippen LogP contribution in [0.25, 0.3) is 11.1 Å². The fourth-order valence-electron chi connectivity index (χ4n) is 3.54. The van der Waals surface area contributed by atoms with Gasteiger partial charge in [-0.15, -0.1) is 0 Å². The third-order valence-corrected chi connectivity index (χ3v) is 5.46. The van der Waals surface area contributed by atoms with Gasteiger partial charge in [-0.1, -0.05) is 76.2 Å². The molecule has 0 unspecified atom stereocenters. The molecular weight excluding hydrogens is 228 g/mol. The number of hydrogen-bond acceptors (Lipinski definition) is 0. The van der Waals surface area contributed by atoms with E-state index in [0.29, 0.717) is 0 Å². The van der Waals surface area contributed by atoms with Crippen molar-refractivity contribution in [1.82, 2.24) is 0 Å². The zero-order valence-corrected chi connectivity index (χ0v) is 12.3. The van der Waals surface area contributed by atoms with Crippen molar-refractivity contribution in [1.29, 1.82) is 0 Å². The predicted octanol–water partition coefficient (Wildman–Crippen LogP) is 5.41. The Bertz CT molecular complexity index is 574. The molecule has 0 spiro atoms. The van der Waals surface area contributed by atoms with Crippen LogP contribution < -0.4 is 0 Å². The van der Waals surface area contributed by atoms with Crippen LogP contribution in [0.2, 0.25) is 0 Å². The van der Waals surface area contributed by atoms with E-state index in [0.717, 1.165) is 0 Å². The highest BCUT2D eigenvalue weighted by Crippen LogP contribution is 2.57. The molecule has 0 saturated heterocycles. The summed E-state index contributed by atoms with van der Waals surface area (Å²) in [4.78, 5) is 0. The standard InChI is InChI=1S/C19H22/c1-5-18(2,3)19(4)16-12-8-6-10-14(16)15-11-7-9-13-17(15)19/h6-13H,5H2,1-4H3. The molecule has 0 nitrogen and oxygen atoms in total. The Morgan fingerprint density at radius 1 is 0.842 bits per heavy atom. The summed E-state index contributed by atoms with van der Waals surface area (Å²) in [6.07, 6.45) is 1.17. The van der Waals surface area contributed by atoms with Gasteiger partial charge < -0.3 is 0 Å².